The standard InChI is InChI=1S/C17H22N2O4S/c1-13(20)15-6-3-7-16(12-15)24(22,23)19-10-8-18(9-11-19)17(21)14-4-2-5-14/h3,6-7,12,14H,2,4-5,8-11H2,1H3. The third-order valence-corrected chi connectivity index (χ3v) is 6.78. The van der Waals surface area contributed by atoms with Crippen molar-refractivity contribution in [3.05, 3.63) is 29.8 Å². The minimum atomic E-state index is -3.64. The molecule has 3 rings (SSSR count). The first-order chi connectivity index (χ1) is 11.4. The van der Waals surface area contributed by atoms with Crippen molar-refractivity contribution in [2.24, 2.45) is 5.92 Å². The summed E-state index contributed by atoms with van der Waals surface area (Å²) in [5.41, 5.74) is 0.384. The van der Waals surface area contributed by atoms with Crippen LogP contribution in [0.3, 0.4) is 0 Å². The van der Waals surface area contributed by atoms with E-state index >= 15 is 0 Å². The van der Waals surface area contributed by atoms with Gasteiger partial charge in [-0.3, -0.25) is 9.59 Å². The van der Waals surface area contributed by atoms with Gasteiger partial charge in [0.1, 0.15) is 0 Å². The number of rotatable bonds is 4. The summed E-state index contributed by atoms with van der Waals surface area (Å²) >= 11 is 0. The molecule has 2 aliphatic rings. The van der Waals surface area contributed by atoms with Gasteiger partial charge in [-0.25, -0.2) is 8.42 Å². The Balaban J connectivity index is 1.69. The zero-order valence-electron chi connectivity index (χ0n) is 13.8. The van der Waals surface area contributed by atoms with Crippen LogP contribution in [0, 0.1) is 5.92 Å². The summed E-state index contributed by atoms with van der Waals surface area (Å²) in [6, 6.07) is 6.12. The van der Waals surface area contributed by atoms with Gasteiger partial charge in [-0.1, -0.05) is 18.6 Å². The van der Waals surface area contributed by atoms with Gasteiger partial charge < -0.3 is 4.90 Å². The summed E-state index contributed by atoms with van der Waals surface area (Å²) in [5.74, 6) is 0.139. The van der Waals surface area contributed by atoms with E-state index < -0.39 is 10.0 Å². The highest BCUT2D eigenvalue weighted by molar-refractivity contribution is 7.89. The van der Waals surface area contributed by atoms with Gasteiger partial charge in [0, 0.05) is 37.7 Å². The highest BCUT2D eigenvalue weighted by Gasteiger charge is 2.34. The topological polar surface area (TPSA) is 74.8 Å². The van der Waals surface area contributed by atoms with Crippen molar-refractivity contribution in [2.75, 3.05) is 26.2 Å². The summed E-state index contributed by atoms with van der Waals surface area (Å²) in [7, 11) is -3.64. The average Bonchev–Trinajstić information content (AvgIpc) is 2.53. The van der Waals surface area contributed by atoms with E-state index in [0.29, 0.717) is 31.7 Å². The fourth-order valence-electron chi connectivity index (χ4n) is 3.09. The molecule has 1 amide bonds. The van der Waals surface area contributed by atoms with Crippen LogP contribution in [0.2, 0.25) is 0 Å². The van der Waals surface area contributed by atoms with Crippen molar-refractivity contribution in [1.82, 2.24) is 9.21 Å². The number of ketones is 1. The quantitative estimate of drug-likeness (QED) is 0.772. The van der Waals surface area contributed by atoms with E-state index in [2.05, 4.69) is 0 Å². The Morgan fingerprint density at radius 3 is 2.29 bits per heavy atom. The molecule has 1 saturated heterocycles. The van der Waals surface area contributed by atoms with Crippen molar-refractivity contribution < 1.29 is 18.0 Å². The van der Waals surface area contributed by atoms with E-state index in [1.807, 2.05) is 0 Å². The number of amides is 1. The first-order valence-electron chi connectivity index (χ1n) is 8.29. The number of Topliss-reactive ketones (excluding diaryl/α,β-unsaturated/α-hetero) is 1. The fourth-order valence-corrected chi connectivity index (χ4v) is 4.56. The Morgan fingerprint density at radius 1 is 1.08 bits per heavy atom. The van der Waals surface area contributed by atoms with E-state index in [-0.39, 0.29) is 22.5 Å². The van der Waals surface area contributed by atoms with E-state index in [9.17, 15) is 18.0 Å². The third-order valence-electron chi connectivity index (χ3n) is 4.88. The van der Waals surface area contributed by atoms with Gasteiger partial charge in [0.25, 0.3) is 0 Å². The third kappa shape index (κ3) is 3.23. The molecule has 1 saturated carbocycles. The van der Waals surface area contributed by atoms with Crippen LogP contribution in [0.1, 0.15) is 36.5 Å². The molecule has 1 aromatic carbocycles. The first-order valence-corrected chi connectivity index (χ1v) is 9.73. The molecule has 7 heteroatoms. The average molecular weight is 350 g/mol. The zero-order chi connectivity index (χ0) is 17.3. The first kappa shape index (κ1) is 17.1. The van der Waals surface area contributed by atoms with Crippen molar-refractivity contribution in [3.63, 3.8) is 0 Å². The van der Waals surface area contributed by atoms with E-state index in [4.69, 9.17) is 0 Å². The maximum Gasteiger partial charge on any atom is 0.243 e. The van der Waals surface area contributed by atoms with Gasteiger partial charge in [0.15, 0.2) is 5.78 Å². The van der Waals surface area contributed by atoms with Crippen LogP contribution in [0.4, 0.5) is 0 Å². The Hall–Kier alpha value is -1.73. The van der Waals surface area contributed by atoms with Crippen molar-refractivity contribution in [3.8, 4) is 0 Å². The highest BCUT2D eigenvalue weighted by Crippen LogP contribution is 2.29. The predicted octanol–water partition coefficient (Wildman–Crippen LogP) is 1.52. The van der Waals surface area contributed by atoms with Crippen LogP contribution in [-0.2, 0) is 14.8 Å². The van der Waals surface area contributed by atoms with Gasteiger partial charge >= 0.3 is 0 Å². The predicted molar refractivity (Wildman–Crippen MR) is 89.1 cm³/mol. The van der Waals surface area contributed by atoms with Gasteiger partial charge in [0.2, 0.25) is 15.9 Å². The van der Waals surface area contributed by atoms with Crippen LogP contribution < -0.4 is 0 Å². The molecule has 1 aliphatic heterocycles. The van der Waals surface area contributed by atoms with Gasteiger partial charge in [-0.15, -0.1) is 0 Å². The molecule has 0 N–H and O–H groups in total. The maximum absolute atomic E-state index is 12.8. The van der Waals surface area contributed by atoms with E-state index in [0.717, 1.165) is 19.3 Å². The molecular weight excluding hydrogens is 328 g/mol. The maximum atomic E-state index is 12.8. The Labute approximate surface area is 142 Å². The summed E-state index contributed by atoms with van der Waals surface area (Å²) in [6.07, 6.45) is 3.02. The Kier molecular flexibility index (Phi) is 4.73. The molecule has 1 aromatic rings. The van der Waals surface area contributed by atoms with Gasteiger partial charge in [0.05, 0.1) is 4.90 Å². The SMILES string of the molecule is CC(=O)c1cccc(S(=O)(=O)N2CCN(C(=O)C3CCC3)CC2)c1. The molecule has 0 unspecified atom stereocenters. The van der Waals surface area contributed by atoms with Gasteiger partial charge in [-0.2, -0.15) is 4.31 Å². The van der Waals surface area contributed by atoms with Gasteiger partial charge in [-0.05, 0) is 31.9 Å². The van der Waals surface area contributed by atoms with E-state index in [1.165, 1.54) is 23.4 Å². The molecule has 1 aliphatic carbocycles. The monoisotopic (exact) mass is 350 g/mol. The molecule has 2 fully saturated rings. The highest BCUT2D eigenvalue weighted by atomic mass is 32.2. The molecule has 6 nitrogen and oxygen atoms in total. The molecule has 0 atom stereocenters. The largest absolute Gasteiger partial charge is 0.340 e. The van der Waals surface area contributed by atoms with Crippen LogP contribution in [0.15, 0.2) is 29.2 Å². The number of benzene rings is 1. The Morgan fingerprint density at radius 2 is 1.75 bits per heavy atom. The molecule has 0 aromatic heterocycles. The zero-order valence-corrected chi connectivity index (χ0v) is 14.6. The molecule has 0 radical (unpaired) electrons. The molecular formula is C17H22N2O4S. The second-order valence-electron chi connectivity index (χ2n) is 6.44. The second kappa shape index (κ2) is 6.64. The van der Waals surface area contributed by atoms with Crippen LogP contribution in [0.5, 0.6) is 0 Å². The number of hydrogen-bond donors (Lipinski definition) is 0. The fraction of sp³-hybridized carbons (Fsp3) is 0.529. The lowest BCUT2D eigenvalue weighted by Crippen LogP contribution is -2.52. The number of hydrogen-bond acceptors (Lipinski definition) is 4. The van der Waals surface area contributed by atoms with Crippen LogP contribution in [-0.4, -0.2) is 55.5 Å². The lowest BCUT2D eigenvalue weighted by molar-refractivity contribution is -0.139. The number of carbonyl (C=O) groups is 2. The summed E-state index contributed by atoms with van der Waals surface area (Å²) in [6.45, 7) is 2.87. The summed E-state index contributed by atoms with van der Waals surface area (Å²) in [4.78, 5) is 25.6. The van der Waals surface area contributed by atoms with Crippen LogP contribution >= 0.6 is 0 Å². The normalized spacial score (nSPS) is 19.8. The summed E-state index contributed by atoms with van der Waals surface area (Å²) < 4.78 is 26.9. The molecule has 1 heterocycles. The number of sulfonamides is 1. The molecule has 0 bridgehead atoms. The van der Waals surface area contributed by atoms with Crippen molar-refractivity contribution in [1.29, 1.82) is 0 Å². The summed E-state index contributed by atoms with van der Waals surface area (Å²) in [5, 5.41) is 0. The lowest BCUT2D eigenvalue weighted by atomic mass is 9.84. The minimum Gasteiger partial charge on any atom is -0.340 e. The number of nitrogens with zero attached hydrogens (tertiary/aromatic N) is 2. The smallest absolute Gasteiger partial charge is 0.243 e. The lowest BCUT2D eigenvalue weighted by Gasteiger charge is -2.37. The van der Waals surface area contributed by atoms with Crippen LogP contribution in [0.25, 0.3) is 0 Å². The second-order valence-corrected chi connectivity index (χ2v) is 8.38. The van der Waals surface area contributed by atoms with Crippen molar-refractivity contribution in [2.45, 2.75) is 31.1 Å². The Bertz CT molecular complexity index is 748. The van der Waals surface area contributed by atoms with E-state index in [1.54, 1.807) is 17.0 Å². The number of piperazine rings is 1. The minimum absolute atomic E-state index is 0.133. The molecule has 24 heavy (non-hydrogen) atoms. The molecule has 0 spiro atoms. The number of carbonyl (C=O) groups excluding carboxylic acids is 2. The molecule has 130 valence electrons. The van der Waals surface area contributed by atoms with Crippen molar-refractivity contribution >= 4 is 21.7 Å².